The largest absolute Gasteiger partial charge is 0.497 e. The molecule has 1 aromatic carbocycles. The van der Waals surface area contributed by atoms with Crippen molar-refractivity contribution in [2.24, 2.45) is 11.8 Å². The summed E-state index contributed by atoms with van der Waals surface area (Å²) in [5, 5.41) is 7.74. The molecule has 0 unspecified atom stereocenters. The lowest BCUT2D eigenvalue weighted by atomic mass is 9.89. The van der Waals surface area contributed by atoms with Gasteiger partial charge in [-0.15, -0.1) is 12.4 Å². The molecule has 0 radical (unpaired) electrons. The van der Waals surface area contributed by atoms with Gasteiger partial charge in [-0.25, -0.2) is 0 Å². The van der Waals surface area contributed by atoms with E-state index in [1.807, 2.05) is 25.3 Å². The van der Waals surface area contributed by atoms with Gasteiger partial charge in [-0.05, 0) is 36.1 Å². The Hall–Kier alpha value is -2.05. The Balaban J connectivity index is 0.00000196. The maximum atomic E-state index is 13.0. The number of aromatic nitrogens is 2. The van der Waals surface area contributed by atoms with Crippen molar-refractivity contribution in [3.05, 3.63) is 47.8 Å². The molecule has 4 rings (SSSR count). The van der Waals surface area contributed by atoms with Crippen molar-refractivity contribution >= 4 is 18.3 Å². The molecule has 0 aliphatic carbocycles. The van der Waals surface area contributed by atoms with Gasteiger partial charge in [0.15, 0.2) is 0 Å². The van der Waals surface area contributed by atoms with Crippen LogP contribution in [0.25, 0.3) is 0 Å². The van der Waals surface area contributed by atoms with E-state index in [0.29, 0.717) is 18.4 Å². The first kappa shape index (κ1) is 18.7. The Kier molecular flexibility index (Phi) is 5.53. The first-order valence-electron chi connectivity index (χ1n) is 8.79. The topological polar surface area (TPSA) is 59.4 Å². The highest BCUT2D eigenvalue weighted by atomic mass is 35.5. The lowest BCUT2D eigenvalue weighted by Crippen LogP contribution is -2.36. The van der Waals surface area contributed by atoms with Crippen LogP contribution in [0.3, 0.4) is 0 Å². The zero-order valence-electron chi connectivity index (χ0n) is 15.1. The predicted molar refractivity (Wildman–Crippen MR) is 102 cm³/mol. The molecule has 1 N–H and O–H groups in total. The third kappa shape index (κ3) is 3.44. The van der Waals surface area contributed by atoms with Crippen LogP contribution in [0.4, 0.5) is 0 Å². The number of hydrogen-bond donors (Lipinski definition) is 1. The van der Waals surface area contributed by atoms with Crippen LogP contribution in [0, 0.1) is 18.8 Å². The summed E-state index contributed by atoms with van der Waals surface area (Å²) in [6.07, 6.45) is 3.70. The van der Waals surface area contributed by atoms with Gasteiger partial charge in [0.2, 0.25) is 5.91 Å². The van der Waals surface area contributed by atoms with E-state index < -0.39 is 0 Å². The molecule has 3 heterocycles. The van der Waals surface area contributed by atoms with E-state index >= 15 is 0 Å². The number of rotatable bonds is 4. The molecule has 0 bridgehead atoms. The summed E-state index contributed by atoms with van der Waals surface area (Å²) >= 11 is 0. The molecule has 0 saturated carbocycles. The van der Waals surface area contributed by atoms with E-state index in [1.54, 1.807) is 18.0 Å². The van der Waals surface area contributed by atoms with Gasteiger partial charge >= 0.3 is 0 Å². The highest BCUT2D eigenvalue weighted by Crippen LogP contribution is 2.43. The van der Waals surface area contributed by atoms with E-state index in [2.05, 4.69) is 27.4 Å². The molecule has 1 aromatic heterocycles. The van der Waals surface area contributed by atoms with Gasteiger partial charge in [0.25, 0.3) is 0 Å². The molecule has 2 aliphatic rings. The van der Waals surface area contributed by atoms with E-state index in [4.69, 9.17) is 4.74 Å². The molecular weight excluding hydrogens is 352 g/mol. The number of methoxy groups -OCH3 is 1. The molecule has 1 amide bonds. The number of carbonyl (C=O) groups excluding carboxylic acids is 1. The molecule has 2 aliphatic heterocycles. The number of aryl methyl sites for hydroxylation is 1. The second kappa shape index (κ2) is 7.68. The van der Waals surface area contributed by atoms with Crippen LogP contribution < -0.4 is 10.1 Å². The van der Waals surface area contributed by atoms with Crippen molar-refractivity contribution in [2.45, 2.75) is 19.5 Å². The maximum absolute atomic E-state index is 13.0. The summed E-state index contributed by atoms with van der Waals surface area (Å²) in [6.45, 7) is 5.05. The monoisotopic (exact) mass is 376 g/mol. The first-order valence-corrected chi connectivity index (χ1v) is 8.79. The number of fused-ring (bicyclic) bond motifs is 1. The van der Waals surface area contributed by atoms with Crippen molar-refractivity contribution in [3.8, 4) is 5.75 Å². The zero-order chi connectivity index (χ0) is 17.4. The van der Waals surface area contributed by atoms with Crippen molar-refractivity contribution in [2.75, 3.05) is 26.7 Å². The van der Waals surface area contributed by atoms with E-state index in [0.717, 1.165) is 30.9 Å². The summed E-state index contributed by atoms with van der Waals surface area (Å²) in [7, 11) is 1.67. The van der Waals surface area contributed by atoms with E-state index in [-0.39, 0.29) is 24.4 Å². The molecule has 3 atom stereocenters. The summed E-state index contributed by atoms with van der Waals surface area (Å²) in [5.41, 5.74) is 2.25. The van der Waals surface area contributed by atoms with Gasteiger partial charge in [-0.2, -0.15) is 5.10 Å². The Morgan fingerprint density at radius 2 is 2.08 bits per heavy atom. The minimum atomic E-state index is 0. The smallest absolute Gasteiger partial charge is 0.244 e. The molecule has 26 heavy (non-hydrogen) atoms. The molecule has 140 valence electrons. The molecular formula is C19H25ClN4O2. The number of amides is 1. The quantitative estimate of drug-likeness (QED) is 0.887. The predicted octanol–water partition coefficient (Wildman–Crippen LogP) is 2.04. The molecule has 7 heteroatoms. The zero-order valence-corrected chi connectivity index (χ0v) is 15.9. The lowest BCUT2D eigenvalue weighted by Gasteiger charge is -2.28. The van der Waals surface area contributed by atoms with E-state index in [1.165, 1.54) is 5.56 Å². The van der Waals surface area contributed by atoms with E-state index in [9.17, 15) is 4.79 Å². The Morgan fingerprint density at radius 1 is 1.31 bits per heavy atom. The highest BCUT2D eigenvalue weighted by Gasteiger charge is 2.46. The van der Waals surface area contributed by atoms with Crippen LogP contribution in [0.1, 0.15) is 17.2 Å². The maximum Gasteiger partial charge on any atom is 0.244 e. The van der Waals surface area contributed by atoms with Gasteiger partial charge in [0.1, 0.15) is 12.3 Å². The number of nitrogens with zero attached hydrogens (tertiary/aromatic N) is 3. The normalized spacial score (nSPS) is 24.2. The number of nitrogens with one attached hydrogen (secondary N) is 1. The summed E-state index contributed by atoms with van der Waals surface area (Å²) in [5.74, 6) is 1.97. The van der Waals surface area contributed by atoms with Gasteiger partial charge in [-0.1, -0.05) is 12.1 Å². The summed E-state index contributed by atoms with van der Waals surface area (Å²) in [4.78, 5) is 15.0. The van der Waals surface area contributed by atoms with Gasteiger partial charge in [-0.3, -0.25) is 9.48 Å². The number of carbonyl (C=O) groups is 1. The fourth-order valence-electron chi connectivity index (χ4n) is 4.19. The summed E-state index contributed by atoms with van der Waals surface area (Å²) in [6, 6.07) is 8.25. The number of likely N-dealkylation sites (tertiary alicyclic amines) is 1. The minimum absolute atomic E-state index is 0. The van der Waals surface area contributed by atoms with Gasteiger partial charge in [0.05, 0.1) is 19.3 Å². The van der Waals surface area contributed by atoms with Crippen LogP contribution in [-0.2, 0) is 11.3 Å². The number of ether oxygens (including phenoxy) is 1. The fourth-order valence-corrected chi connectivity index (χ4v) is 4.19. The van der Waals surface area contributed by atoms with Gasteiger partial charge < -0.3 is 15.0 Å². The number of halogens is 1. The van der Waals surface area contributed by atoms with Crippen molar-refractivity contribution in [1.29, 1.82) is 0 Å². The minimum Gasteiger partial charge on any atom is -0.497 e. The first-order chi connectivity index (χ1) is 12.2. The second-order valence-corrected chi connectivity index (χ2v) is 7.06. The Labute approximate surface area is 159 Å². The third-order valence-corrected chi connectivity index (χ3v) is 5.40. The van der Waals surface area contributed by atoms with Crippen molar-refractivity contribution in [3.63, 3.8) is 0 Å². The standard InChI is InChI=1S/C19H24N4O2.ClH/c1-13-7-21-22(10-13)12-18(24)23-11-15-8-20-9-17(15)19(23)14-3-5-16(25-2)6-4-14;/h3-7,10,15,17,19-20H,8-9,11-12H2,1-2H3;1H/t15-,17-,19-;/m0./s1. The van der Waals surface area contributed by atoms with Gasteiger partial charge in [0, 0.05) is 31.7 Å². The highest BCUT2D eigenvalue weighted by molar-refractivity contribution is 5.85. The fraction of sp³-hybridized carbons (Fsp3) is 0.474. The molecule has 2 saturated heterocycles. The lowest BCUT2D eigenvalue weighted by molar-refractivity contribution is -0.133. The SMILES string of the molecule is COc1ccc([C@H]2[C@H]3CNC[C@H]3CN2C(=O)Cn2cc(C)cn2)cc1.Cl. The molecule has 6 nitrogen and oxygen atoms in total. The molecule has 0 spiro atoms. The number of benzene rings is 1. The van der Waals surface area contributed by atoms with Crippen LogP contribution in [0.5, 0.6) is 5.75 Å². The van der Waals surface area contributed by atoms with Crippen molar-refractivity contribution < 1.29 is 9.53 Å². The Morgan fingerprint density at radius 3 is 2.73 bits per heavy atom. The number of hydrogen-bond acceptors (Lipinski definition) is 4. The Bertz CT molecular complexity index is 761. The third-order valence-electron chi connectivity index (χ3n) is 5.40. The van der Waals surface area contributed by atoms with Crippen LogP contribution in [-0.4, -0.2) is 47.3 Å². The molecule has 2 fully saturated rings. The average Bonchev–Trinajstić information content (AvgIpc) is 3.30. The molecule has 2 aromatic rings. The van der Waals surface area contributed by atoms with Crippen LogP contribution in [0.15, 0.2) is 36.7 Å². The second-order valence-electron chi connectivity index (χ2n) is 7.06. The van der Waals surface area contributed by atoms with Crippen LogP contribution in [0.2, 0.25) is 0 Å². The average molecular weight is 377 g/mol. The van der Waals surface area contributed by atoms with Crippen molar-refractivity contribution in [1.82, 2.24) is 20.0 Å². The van der Waals surface area contributed by atoms with Crippen LogP contribution >= 0.6 is 12.4 Å². The summed E-state index contributed by atoms with van der Waals surface area (Å²) < 4.78 is 7.00.